The summed E-state index contributed by atoms with van der Waals surface area (Å²) in [4.78, 5) is 0. The SMILES string of the molecule is COCCOCCOc1ccc(N)cc1B(O)O. The topological polar surface area (TPSA) is 94.2 Å². The van der Waals surface area contributed by atoms with Crippen molar-refractivity contribution in [1.29, 1.82) is 0 Å². The molecule has 100 valence electrons. The molecule has 0 unspecified atom stereocenters. The van der Waals surface area contributed by atoms with E-state index in [1.165, 1.54) is 6.07 Å². The van der Waals surface area contributed by atoms with Crippen molar-refractivity contribution in [3.05, 3.63) is 18.2 Å². The summed E-state index contributed by atoms with van der Waals surface area (Å²) in [6.45, 7) is 1.74. The van der Waals surface area contributed by atoms with Crippen LogP contribution in [-0.2, 0) is 9.47 Å². The zero-order valence-corrected chi connectivity index (χ0v) is 10.3. The summed E-state index contributed by atoms with van der Waals surface area (Å²) in [7, 11) is -0.0127. The van der Waals surface area contributed by atoms with Crippen LogP contribution >= 0.6 is 0 Å². The number of hydrogen-bond acceptors (Lipinski definition) is 6. The van der Waals surface area contributed by atoms with E-state index in [-0.39, 0.29) is 5.46 Å². The number of hydrogen-bond donors (Lipinski definition) is 3. The lowest BCUT2D eigenvalue weighted by Crippen LogP contribution is -2.32. The Morgan fingerprint density at radius 1 is 1.17 bits per heavy atom. The van der Waals surface area contributed by atoms with Gasteiger partial charge in [-0.2, -0.15) is 0 Å². The Hall–Kier alpha value is -1.28. The highest BCUT2D eigenvalue weighted by Crippen LogP contribution is 2.11. The third-order valence-corrected chi connectivity index (χ3v) is 2.23. The van der Waals surface area contributed by atoms with Crippen molar-refractivity contribution in [3.8, 4) is 5.75 Å². The van der Waals surface area contributed by atoms with Crippen LogP contribution in [-0.4, -0.2) is 50.7 Å². The maximum Gasteiger partial charge on any atom is 0.492 e. The molecule has 7 heteroatoms. The van der Waals surface area contributed by atoms with E-state index in [4.69, 9.17) is 19.9 Å². The first-order chi connectivity index (χ1) is 8.65. The third-order valence-electron chi connectivity index (χ3n) is 2.23. The average Bonchev–Trinajstić information content (AvgIpc) is 2.35. The van der Waals surface area contributed by atoms with Crippen LogP contribution in [0.2, 0.25) is 0 Å². The van der Waals surface area contributed by atoms with Gasteiger partial charge in [0.15, 0.2) is 0 Å². The second-order valence-electron chi connectivity index (χ2n) is 3.62. The molecule has 18 heavy (non-hydrogen) atoms. The van der Waals surface area contributed by atoms with E-state index >= 15 is 0 Å². The number of anilines is 1. The summed E-state index contributed by atoms with van der Waals surface area (Å²) in [6, 6.07) is 4.69. The maximum atomic E-state index is 9.17. The van der Waals surface area contributed by atoms with E-state index in [0.717, 1.165) is 0 Å². The fourth-order valence-corrected chi connectivity index (χ4v) is 1.36. The van der Waals surface area contributed by atoms with Gasteiger partial charge in [0.2, 0.25) is 0 Å². The molecule has 6 nitrogen and oxygen atoms in total. The van der Waals surface area contributed by atoms with Crippen molar-refractivity contribution < 1.29 is 24.3 Å². The van der Waals surface area contributed by atoms with Crippen molar-refractivity contribution >= 4 is 18.3 Å². The van der Waals surface area contributed by atoms with Gasteiger partial charge in [-0.15, -0.1) is 0 Å². The predicted molar refractivity (Wildman–Crippen MR) is 68.9 cm³/mol. The van der Waals surface area contributed by atoms with Crippen molar-refractivity contribution in [2.75, 3.05) is 39.3 Å². The molecule has 0 saturated carbocycles. The number of rotatable bonds is 8. The van der Waals surface area contributed by atoms with Gasteiger partial charge < -0.3 is 30.0 Å². The molecule has 0 fully saturated rings. The fraction of sp³-hybridized carbons (Fsp3) is 0.455. The molecule has 0 atom stereocenters. The van der Waals surface area contributed by atoms with E-state index in [9.17, 15) is 10.0 Å². The van der Waals surface area contributed by atoms with E-state index < -0.39 is 7.12 Å². The van der Waals surface area contributed by atoms with E-state index in [0.29, 0.717) is 37.9 Å². The third kappa shape index (κ3) is 4.93. The van der Waals surface area contributed by atoms with Crippen LogP contribution in [0, 0.1) is 0 Å². The van der Waals surface area contributed by atoms with Crippen LogP contribution < -0.4 is 15.9 Å². The normalized spacial score (nSPS) is 10.4. The summed E-state index contributed by atoms with van der Waals surface area (Å²) in [5, 5.41) is 18.3. The molecule has 0 aliphatic carbocycles. The number of methoxy groups -OCH3 is 1. The molecule has 0 heterocycles. The van der Waals surface area contributed by atoms with Crippen LogP contribution in [0.4, 0.5) is 5.69 Å². The number of ether oxygens (including phenoxy) is 3. The Morgan fingerprint density at radius 2 is 1.89 bits per heavy atom. The highest BCUT2D eigenvalue weighted by atomic mass is 16.5. The van der Waals surface area contributed by atoms with Gasteiger partial charge in [-0.05, 0) is 18.2 Å². The van der Waals surface area contributed by atoms with Crippen LogP contribution in [0.1, 0.15) is 0 Å². The standard InChI is InChI=1S/C11H18BNO5/c1-16-4-5-17-6-7-18-11-3-2-9(13)8-10(11)12(14)15/h2-3,8,14-15H,4-7,13H2,1H3. The first kappa shape index (κ1) is 14.8. The van der Waals surface area contributed by atoms with E-state index in [1.807, 2.05) is 0 Å². The first-order valence-electron chi connectivity index (χ1n) is 5.60. The molecule has 1 rings (SSSR count). The van der Waals surface area contributed by atoms with Gasteiger partial charge in [0.05, 0.1) is 19.8 Å². The zero-order valence-electron chi connectivity index (χ0n) is 10.3. The molecular formula is C11H18BNO5. The van der Waals surface area contributed by atoms with Crippen LogP contribution in [0.3, 0.4) is 0 Å². The number of nitrogen functional groups attached to an aromatic ring is 1. The molecule has 0 aliphatic heterocycles. The Balaban J connectivity index is 2.42. The molecule has 4 N–H and O–H groups in total. The van der Waals surface area contributed by atoms with Gasteiger partial charge in [0, 0.05) is 18.3 Å². The summed E-state index contributed by atoms with van der Waals surface area (Å²) < 4.78 is 15.4. The molecule has 1 aromatic rings. The molecule has 1 aromatic carbocycles. The molecule has 0 saturated heterocycles. The quantitative estimate of drug-likeness (QED) is 0.313. The molecule has 0 aliphatic rings. The van der Waals surface area contributed by atoms with Gasteiger partial charge in [0.1, 0.15) is 12.4 Å². The van der Waals surface area contributed by atoms with Crippen molar-refractivity contribution in [1.82, 2.24) is 0 Å². The first-order valence-corrected chi connectivity index (χ1v) is 5.60. The monoisotopic (exact) mass is 255 g/mol. The van der Waals surface area contributed by atoms with Crippen LogP contribution in [0.25, 0.3) is 0 Å². The van der Waals surface area contributed by atoms with Gasteiger partial charge in [0.25, 0.3) is 0 Å². The lowest BCUT2D eigenvalue weighted by Gasteiger charge is -2.12. The highest BCUT2D eigenvalue weighted by Gasteiger charge is 2.17. The molecule has 0 radical (unpaired) electrons. The largest absolute Gasteiger partial charge is 0.492 e. The second-order valence-corrected chi connectivity index (χ2v) is 3.62. The Kier molecular flexibility index (Phi) is 6.52. The minimum Gasteiger partial charge on any atom is -0.492 e. The van der Waals surface area contributed by atoms with Gasteiger partial charge in [-0.3, -0.25) is 0 Å². The predicted octanol–water partition coefficient (Wildman–Crippen LogP) is -1.01. The second kappa shape index (κ2) is 7.94. The molecular weight excluding hydrogens is 237 g/mol. The Bertz CT molecular complexity index is 361. The molecule has 0 amide bonds. The van der Waals surface area contributed by atoms with Gasteiger partial charge in [-0.1, -0.05) is 0 Å². The molecule has 0 bridgehead atoms. The van der Waals surface area contributed by atoms with Crippen molar-refractivity contribution in [3.63, 3.8) is 0 Å². The highest BCUT2D eigenvalue weighted by molar-refractivity contribution is 6.59. The zero-order chi connectivity index (χ0) is 13.4. The molecule has 0 spiro atoms. The Morgan fingerprint density at radius 3 is 2.56 bits per heavy atom. The average molecular weight is 255 g/mol. The van der Waals surface area contributed by atoms with Gasteiger partial charge in [-0.25, -0.2) is 0 Å². The number of nitrogens with two attached hydrogens (primary N) is 1. The minimum atomic E-state index is -1.61. The summed E-state index contributed by atoms with van der Waals surface area (Å²) >= 11 is 0. The van der Waals surface area contributed by atoms with Crippen molar-refractivity contribution in [2.45, 2.75) is 0 Å². The van der Waals surface area contributed by atoms with E-state index in [1.54, 1.807) is 19.2 Å². The number of benzene rings is 1. The van der Waals surface area contributed by atoms with Crippen LogP contribution in [0.5, 0.6) is 5.75 Å². The fourth-order valence-electron chi connectivity index (χ4n) is 1.36. The Labute approximate surface area is 106 Å². The minimum absolute atomic E-state index is 0.242. The summed E-state index contributed by atoms with van der Waals surface area (Å²) in [5.74, 6) is 0.384. The smallest absolute Gasteiger partial charge is 0.492 e. The lowest BCUT2D eigenvalue weighted by atomic mass is 9.79. The van der Waals surface area contributed by atoms with Crippen molar-refractivity contribution in [2.24, 2.45) is 0 Å². The maximum absolute atomic E-state index is 9.17. The van der Waals surface area contributed by atoms with E-state index in [2.05, 4.69) is 0 Å². The molecule has 0 aromatic heterocycles. The lowest BCUT2D eigenvalue weighted by molar-refractivity contribution is 0.0545. The van der Waals surface area contributed by atoms with Crippen LogP contribution in [0.15, 0.2) is 18.2 Å². The summed E-state index contributed by atoms with van der Waals surface area (Å²) in [6.07, 6.45) is 0. The van der Waals surface area contributed by atoms with Gasteiger partial charge >= 0.3 is 7.12 Å². The summed E-state index contributed by atoms with van der Waals surface area (Å²) in [5.41, 5.74) is 6.25.